The molecule has 1 aliphatic rings. The van der Waals surface area contributed by atoms with Crippen LogP contribution in [0.25, 0.3) is 21.3 Å². The molecule has 3 heterocycles. The average Bonchev–Trinajstić information content (AvgIpc) is 3.23. The van der Waals surface area contributed by atoms with Crippen molar-refractivity contribution in [3.05, 3.63) is 40.8 Å². The summed E-state index contributed by atoms with van der Waals surface area (Å²) in [6, 6.07) is 7.79. The van der Waals surface area contributed by atoms with Crippen LogP contribution >= 0.6 is 35.3 Å². The predicted octanol–water partition coefficient (Wildman–Crippen LogP) is 3.82. The Morgan fingerprint density at radius 2 is 2.04 bits per heavy atom. The van der Waals surface area contributed by atoms with Crippen molar-refractivity contribution in [3.8, 4) is 21.3 Å². The summed E-state index contributed by atoms with van der Waals surface area (Å²) in [5, 5.41) is 9.19. The highest BCUT2D eigenvalue weighted by molar-refractivity contribution is 7.18. The van der Waals surface area contributed by atoms with Crippen LogP contribution < -0.4 is 5.32 Å². The lowest BCUT2D eigenvalue weighted by Crippen LogP contribution is -2.44. The zero-order valence-electron chi connectivity index (χ0n) is 14.4. The van der Waals surface area contributed by atoms with Gasteiger partial charge in [-0.3, -0.25) is 4.90 Å². The summed E-state index contributed by atoms with van der Waals surface area (Å²) in [5.41, 5.74) is 1.92. The van der Waals surface area contributed by atoms with Crippen molar-refractivity contribution in [1.82, 2.24) is 25.3 Å². The number of halogens is 2. The summed E-state index contributed by atoms with van der Waals surface area (Å²) < 4.78 is 5.54. The van der Waals surface area contributed by atoms with E-state index < -0.39 is 0 Å². The molecule has 4 rings (SSSR count). The molecular formula is C17H19Cl2N5OS. The van der Waals surface area contributed by atoms with Crippen molar-refractivity contribution in [2.75, 3.05) is 26.7 Å². The topological polar surface area (TPSA) is 67.1 Å². The molecule has 0 bridgehead atoms. The molecule has 1 fully saturated rings. The lowest BCUT2D eigenvalue weighted by atomic mass is 10.2. The normalized spacial score (nSPS) is 17.9. The van der Waals surface area contributed by atoms with Gasteiger partial charge in [-0.2, -0.15) is 4.98 Å². The fraction of sp³-hybridized carbons (Fsp3) is 0.353. The molecule has 0 saturated carbocycles. The maximum Gasteiger partial charge on any atom is 0.269 e. The van der Waals surface area contributed by atoms with Crippen molar-refractivity contribution in [1.29, 1.82) is 0 Å². The predicted molar refractivity (Wildman–Crippen MR) is 106 cm³/mol. The molecule has 1 unspecified atom stereocenters. The van der Waals surface area contributed by atoms with Crippen LogP contribution in [0.2, 0.25) is 5.02 Å². The number of piperazine rings is 1. The van der Waals surface area contributed by atoms with Crippen molar-refractivity contribution in [2.24, 2.45) is 0 Å². The maximum atomic E-state index is 5.96. The zero-order chi connectivity index (χ0) is 17.4. The number of rotatable bonds is 3. The van der Waals surface area contributed by atoms with E-state index in [4.69, 9.17) is 16.1 Å². The third kappa shape index (κ3) is 3.77. The van der Waals surface area contributed by atoms with E-state index in [0.29, 0.717) is 16.7 Å². The number of likely N-dealkylation sites (N-methyl/N-ethyl adjacent to an activating group) is 1. The minimum Gasteiger partial charge on any atom is -0.333 e. The first-order valence-electron chi connectivity index (χ1n) is 8.10. The first kappa shape index (κ1) is 19.3. The molecule has 138 valence electrons. The van der Waals surface area contributed by atoms with Crippen molar-refractivity contribution in [2.45, 2.75) is 13.0 Å². The van der Waals surface area contributed by atoms with Gasteiger partial charge >= 0.3 is 0 Å². The summed E-state index contributed by atoms with van der Waals surface area (Å²) in [4.78, 5) is 12.4. The molecule has 3 aromatic rings. The third-order valence-corrected chi connectivity index (χ3v) is 5.78. The van der Waals surface area contributed by atoms with E-state index in [1.165, 1.54) is 0 Å². The van der Waals surface area contributed by atoms with Crippen LogP contribution in [0.3, 0.4) is 0 Å². The molecular weight excluding hydrogens is 393 g/mol. The maximum absolute atomic E-state index is 5.96. The Kier molecular flexibility index (Phi) is 5.94. The Hall–Kier alpha value is -1.51. The molecule has 1 aromatic carbocycles. The third-order valence-electron chi connectivity index (χ3n) is 4.33. The Labute approximate surface area is 167 Å². The van der Waals surface area contributed by atoms with Gasteiger partial charge in [-0.25, -0.2) is 4.98 Å². The van der Waals surface area contributed by atoms with Crippen LogP contribution in [-0.4, -0.2) is 46.7 Å². The van der Waals surface area contributed by atoms with Gasteiger partial charge in [0, 0.05) is 30.2 Å². The number of thiazole rings is 1. The van der Waals surface area contributed by atoms with Crippen LogP contribution in [0.5, 0.6) is 0 Å². The number of benzene rings is 1. The Bertz CT molecular complexity index is 880. The minimum absolute atomic E-state index is 0. The highest BCUT2D eigenvalue weighted by atomic mass is 35.5. The van der Waals surface area contributed by atoms with Gasteiger partial charge in [-0.15, -0.1) is 23.7 Å². The van der Waals surface area contributed by atoms with E-state index in [-0.39, 0.29) is 18.4 Å². The van der Waals surface area contributed by atoms with Gasteiger partial charge in [-0.1, -0.05) is 28.9 Å². The van der Waals surface area contributed by atoms with Crippen LogP contribution in [-0.2, 0) is 0 Å². The SMILES string of the molecule is Cc1nc(-c2ccc(Cl)cc2)sc1-c1nc(C2CNCCN2C)no1.Cl. The molecule has 0 spiro atoms. The minimum atomic E-state index is 0. The lowest BCUT2D eigenvalue weighted by molar-refractivity contribution is 0.190. The van der Waals surface area contributed by atoms with Gasteiger partial charge in [0.1, 0.15) is 9.88 Å². The van der Waals surface area contributed by atoms with Gasteiger partial charge in [0.05, 0.1) is 11.7 Å². The first-order chi connectivity index (χ1) is 12.1. The van der Waals surface area contributed by atoms with Crippen molar-refractivity contribution in [3.63, 3.8) is 0 Å². The fourth-order valence-corrected chi connectivity index (χ4v) is 3.99. The van der Waals surface area contributed by atoms with Crippen LogP contribution in [0.15, 0.2) is 28.8 Å². The molecule has 1 N–H and O–H groups in total. The second-order valence-electron chi connectivity index (χ2n) is 6.10. The van der Waals surface area contributed by atoms with Crippen molar-refractivity contribution >= 4 is 35.3 Å². The van der Waals surface area contributed by atoms with Gasteiger partial charge in [0.25, 0.3) is 5.89 Å². The van der Waals surface area contributed by atoms with E-state index in [9.17, 15) is 0 Å². The number of nitrogens with one attached hydrogen (secondary N) is 1. The summed E-state index contributed by atoms with van der Waals surface area (Å²) in [6.45, 7) is 4.74. The summed E-state index contributed by atoms with van der Waals surface area (Å²) in [6.07, 6.45) is 0. The molecule has 9 heteroatoms. The highest BCUT2D eigenvalue weighted by Gasteiger charge is 2.26. The standard InChI is InChI=1S/C17H18ClN5OS.ClH/c1-10-14(25-17(20-10)11-3-5-12(18)6-4-11)16-21-15(22-24-16)13-9-19-7-8-23(13)2;/h3-6,13,19H,7-9H2,1-2H3;1H. The molecule has 26 heavy (non-hydrogen) atoms. The summed E-state index contributed by atoms with van der Waals surface area (Å²) in [5.74, 6) is 1.25. The number of aromatic nitrogens is 3. The molecule has 1 atom stereocenters. The molecule has 0 amide bonds. The van der Waals surface area contributed by atoms with E-state index in [2.05, 4.69) is 32.4 Å². The zero-order valence-corrected chi connectivity index (χ0v) is 16.8. The molecule has 1 saturated heterocycles. The fourth-order valence-electron chi connectivity index (χ4n) is 2.87. The van der Waals surface area contributed by atoms with E-state index in [1.54, 1.807) is 11.3 Å². The first-order valence-corrected chi connectivity index (χ1v) is 9.29. The van der Waals surface area contributed by atoms with Crippen LogP contribution in [0, 0.1) is 6.92 Å². The number of nitrogens with zero attached hydrogens (tertiary/aromatic N) is 4. The molecule has 1 aliphatic heterocycles. The second kappa shape index (κ2) is 8.02. The number of hydrogen-bond donors (Lipinski definition) is 1. The van der Waals surface area contributed by atoms with Gasteiger partial charge in [0.15, 0.2) is 5.82 Å². The summed E-state index contributed by atoms with van der Waals surface area (Å²) in [7, 11) is 2.08. The molecule has 2 aromatic heterocycles. The van der Waals surface area contributed by atoms with Crippen LogP contribution in [0.4, 0.5) is 0 Å². The Morgan fingerprint density at radius 1 is 1.27 bits per heavy atom. The molecule has 0 aliphatic carbocycles. The average molecular weight is 412 g/mol. The van der Waals surface area contributed by atoms with E-state index in [1.807, 2.05) is 31.2 Å². The van der Waals surface area contributed by atoms with E-state index >= 15 is 0 Å². The van der Waals surface area contributed by atoms with Gasteiger partial charge in [-0.05, 0) is 26.1 Å². The molecule has 0 radical (unpaired) electrons. The molecule has 6 nitrogen and oxygen atoms in total. The van der Waals surface area contributed by atoms with Gasteiger partial charge in [0.2, 0.25) is 0 Å². The smallest absolute Gasteiger partial charge is 0.269 e. The lowest BCUT2D eigenvalue weighted by Gasteiger charge is -2.30. The van der Waals surface area contributed by atoms with Crippen LogP contribution in [0.1, 0.15) is 17.6 Å². The second-order valence-corrected chi connectivity index (χ2v) is 7.53. The highest BCUT2D eigenvalue weighted by Crippen LogP contribution is 2.35. The van der Waals surface area contributed by atoms with E-state index in [0.717, 1.165) is 40.8 Å². The Balaban J connectivity index is 0.00000196. The van der Waals surface area contributed by atoms with Crippen molar-refractivity contribution < 1.29 is 4.52 Å². The summed E-state index contributed by atoms with van der Waals surface area (Å²) >= 11 is 7.51. The quantitative estimate of drug-likeness (QED) is 0.706. The number of hydrogen-bond acceptors (Lipinski definition) is 7. The largest absolute Gasteiger partial charge is 0.333 e. The number of aryl methyl sites for hydroxylation is 1. The monoisotopic (exact) mass is 411 g/mol. The van der Waals surface area contributed by atoms with Gasteiger partial charge < -0.3 is 9.84 Å². The Morgan fingerprint density at radius 3 is 2.77 bits per heavy atom.